The number of carbonyl (C=O) groups is 1. The van der Waals surface area contributed by atoms with Crippen molar-refractivity contribution < 1.29 is 22.7 Å². The maximum absolute atomic E-state index is 13.4. The van der Waals surface area contributed by atoms with E-state index in [0.29, 0.717) is 27.8 Å². The molecule has 0 aromatic heterocycles. The molecule has 0 aliphatic carbocycles. The van der Waals surface area contributed by atoms with Crippen molar-refractivity contribution in [3.63, 3.8) is 0 Å². The standard InChI is InChI=1S/C24H21ClF3N3O2/c25-18-4-8-20(9-5-18)33-21-10-6-19(7-11-21)31-22(32)30-15-23(31,12-13-29)16-2-1-3-17(14-16)24(26,27)28/h1-11,14H,12-13,15,29H2,(H,30,32). The highest BCUT2D eigenvalue weighted by Gasteiger charge is 2.47. The number of hydrogen-bond donors (Lipinski definition) is 2. The van der Waals surface area contributed by atoms with Crippen LogP contribution >= 0.6 is 11.6 Å². The maximum atomic E-state index is 13.4. The monoisotopic (exact) mass is 475 g/mol. The zero-order valence-electron chi connectivity index (χ0n) is 17.4. The van der Waals surface area contributed by atoms with Crippen LogP contribution in [0.2, 0.25) is 5.02 Å². The van der Waals surface area contributed by atoms with Gasteiger partial charge in [-0.3, -0.25) is 4.90 Å². The number of benzene rings is 3. The lowest BCUT2D eigenvalue weighted by molar-refractivity contribution is -0.137. The molecule has 3 N–H and O–H groups in total. The average molecular weight is 476 g/mol. The van der Waals surface area contributed by atoms with Gasteiger partial charge in [-0.2, -0.15) is 13.2 Å². The Morgan fingerprint density at radius 3 is 2.27 bits per heavy atom. The van der Waals surface area contributed by atoms with E-state index >= 15 is 0 Å². The first-order chi connectivity index (χ1) is 15.7. The summed E-state index contributed by atoms with van der Waals surface area (Å²) in [5, 5.41) is 3.35. The molecule has 3 aromatic carbocycles. The van der Waals surface area contributed by atoms with Crippen LogP contribution in [0.4, 0.5) is 23.7 Å². The number of alkyl halides is 3. The van der Waals surface area contributed by atoms with Crippen molar-refractivity contribution in [2.75, 3.05) is 18.0 Å². The van der Waals surface area contributed by atoms with E-state index in [1.807, 2.05) is 0 Å². The van der Waals surface area contributed by atoms with Crippen molar-refractivity contribution in [2.45, 2.75) is 18.1 Å². The lowest BCUT2D eigenvalue weighted by atomic mass is 9.84. The lowest BCUT2D eigenvalue weighted by Crippen LogP contribution is -2.46. The molecule has 0 radical (unpaired) electrons. The average Bonchev–Trinajstić information content (AvgIpc) is 3.13. The summed E-state index contributed by atoms with van der Waals surface area (Å²) in [5.41, 5.74) is 4.88. The van der Waals surface area contributed by atoms with Crippen LogP contribution < -0.4 is 20.7 Å². The minimum absolute atomic E-state index is 0.132. The summed E-state index contributed by atoms with van der Waals surface area (Å²) in [4.78, 5) is 14.3. The van der Waals surface area contributed by atoms with Gasteiger partial charge in [0.1, 0.15) is 11.5 Å². The van der Waals surface area contributed by atoms with Gasteiger partial charge in [0.15, 0.2) is 0 Å². The van der Waals surface area contributed by atoms with Gasteiger partial charge < -0.3 is 15.8 Å². The number of ether oxygens (including phenoxy) is 1. The topological polar surface area (TPSA) is 67.6 Å². The number of amides is 2. The molecule has 2 amide bonds. The molecule has 0 bridgehead atoms. The second-order valence-corrected chi connectivity index (χ2v) is 8.13. The fraction of sp³-hybridized carbons (Fsp3) is 0.208. The molecule has 1 atom stereocenters. The molecular formula is C24H21ClF3N3O2. The molecule has 1 unspecified atom stereocenters. The van der Waals surface area contributed by atoms with Gasteiger partial charge in [0, 0.05) is 17.3 Å². The van der Waals surface area contributed by atoms with Crippen molar-refractivity contribution in [2.24, 2.45) is 5.73 Å². The van der Waals surface area contributed by atoms with Crippen LogP contribution in [0.5, 0.6) is 11.5 Å². The third kappa shape index (κ3) is 4.62. The Morgan fingerprint density at radius 2 is 1.67 bits per heavy atom. The van der Waals surface area contributed by atoms with E-state index in [1.165, 1.54) is 11.0 Å². The van der Waals surface area contributed by atoms with Crippen LogP contribution in [-0.4, -0.2) is 19.1 Å². The number of nitrogens with two attached hydrogens (primary N) is 1. The Hall–Kier alpha value is -3.23. The van der Waals surface area contributed by atoms with Crippen molar-refractivity contribution in [3.05, 3.63) is 88.9 Å². The summed E-state index contributed by atoms with van der Waals surface area (Å²) < 4.78 is 45.9. The molecule has 5 nitrogen and oxygen atoms in total. The molecular weight excluding hydrogens is 455 g/mol. The zero-order chi connectivity index (χ0) is 23.6. The number of rotatable bonds is 6. The second kappa shape index (κ2) is 8.96. The summed E-state index contributed by atoms with van der Waals surface area (Å²) >= 11 is 5.89. The molecule has 4 rings (SSSR count). The minimum Gasteiger partial charge on any atom is -0.457 e. The van der Waals surface area contributed by atoms with E-state index in [1.54, 1.807) is 54.6 Å². The van der Waals surface area contributed by atoms with Crippen LogP contribution in [0.1, 0.15) is 17.5 Å². The summed E-state index contributed by atoms with van der Waals surface area (Å²) in [7, 11) is 0. The second-order valence-electron chi connectivity index (χ2n) is 7.69. The molecule has 1 fully saturated rings. The maximum Gasteiger partial charge on any atom is 0.416 e. The van der Waals surface area contributed by atoms with Crippen molar-refractivity contribution in [1.82, 2.24) is 5.32 Å². The van der Waals surface area contributed by atoms with E-state index in [2.05, 4.69) is 5.32 Å². The van der Waals surface area contributed by atoms with Crippen LogP contribution in [-0.2, 0) is 11.7 Å². The molecule has 1 aliphatic rings. The molecule has 1 aliphatic heterocycles. The van der Waals surface area contributed by atoms with Gasteiger partial charge in [0.05, 0.1) is 11.1 Å². The first kappa shape index (κ1) is 22.9. The van der Waals surface area contributed by atoms with Gasteiger partial charge in [0.2, 0.25) is 0 Å². The quantitative estimate of drug-likeness (QED) is 0.464. The molecule has 3 aromatic rings. The summed E-state index contributed by atoms with van der Waals surface area (Å²) in [5.74, 6) is 1.12. The Labute approximate surface area is 193 Å². The molecule has 1 saturated heterocycles. The van der Waals surface area contributed by atoms with Gasteiger partial charge in [-0.25, -0.2) is 4.79 Å². The summed E-state index contributed by atoms with van der Waals surface area (Å²) in [6, 6.07) is 18.2. The smallest absolute Gasteiger partial charge is 0.416 e. The lowest BCUT2D eigenvalue weighted by Gasteiger charge is -2.38. The number of anilines is 1. The number of hydrogen-bond acceptors (Lipinski definition) is 3. The minimum atomic E-state index is -4.50. The van der Waals surface area contributed by atoms with Gasteiger partial charge in [-0.05, 0) is 79.2 Å². The van der Waals surface area contributed by atoms with Gasteiger partial charge >= 0.3 is 12.2 Å². The number of urea groups is 1. The fourth-order valence-electron chi connectivity index (χ4n) is 4.04. The number of nitrogens with one attached hydrogen (secondary N) is 1. The van der Waals surface area contributed by atoms with Crippen LogP contribution in [0, 0.1) is 0 Å². The Morgan fingerprint density at radius 1 is 1.03 bits per heavy atom. The summed E-state index contributed by atoms with van der Waals surface area (Å²) in [6.45, 7) is 0.312. The van der Waals surface area contributed by atoms with Crippen molar-refractivity contribution >= 4 is 23.3 Å². The number of halogens is 4. The first-order valence-electron chi connectivity index (χ1n) is 10.2. The normalized spacial score (nSPS) is 18.3. The van der Waals surface area contributed by atoms with Crippen LogP contribution in [0.25, 0.3) is 0 Å². The molecule has 172 valence electrons. The molecule has 0 saturated carbocycles. The highest BCUT2D eigenvalue weighted by molar-refractivity contribution is 6.30. The van der Waals surface area contributed by atoms with Crippen molar-refractivity contribution in [1.29, 1.82) is 0 Å². The summed E-state index contributed by atoms with van der Waals surface area (Å²) in [6.07, 6.45) is -4.22. The SMILES string of the molecule is NCCC1(c2cccc(C(F)(F)F)c2)CNC(=O)N1c1ccc(Oc2ccc(Cl)cc2)cc1. The van der Waals surface area contributed by atoms with Gasteiger partial charge in [0.25, 0.3) is 0 Å². The molecule has 9 heteroatoms. The Kier molecular flexibility index (Phi) is 6.23. The predicted molar refractivity (Wildman–Crippen MR) is 121 cm³/mol. The first-order valence-corrected chi connectivity index (χ1v) is 10.6. The number of nitrogens with zero attached hydrogens (tertiary/aromatic N) is 1. The highest BCUT2D eigenvalue weighted by atomic mass is 35.5. The predicted octanol–water partition coefficient (Wildman–Crippen LogP) is 5.93. The molecule has 33 heavy (non-hydrogen) atoms. The van der Waals surface area contributed by atoms with E-state index in [-0.39, 0.29) is 19.5 Å². The highest BCUT2D eigenvalue weighted by Crippen LogP contribution is 2.41. The third-order valence-corrected chi connectivity index (χ3v) is 5.84. The van der Waals surface area contributed by atoms with E-state index < -0.39 is 23.3 Å². The largest absolute Gasteiger partial charge is 0.457 e. The van der Waals surface area contributed by atoms with E-state index in [9.17, 15) is 18.0 Å². The van der Waals surface area contributed by atoms with Gasteiger partial charge in [-0.15, -0.1) is 0 Å². The van der Waals surface area contributed by atoms with E-state index in [0.717, 1.165) is 12.1 Å². The van der Waals surface area contributed by atoms with E-state index in [4.69, 9.17) is 22.1 Å². The zero-order valence-corrected chi connectivity index (χ0v) is 18.2. The molecule has 0 spiro atoms. The fourth-order valence-corrected chi connectivity index (χ4v) is 4.17. The third-order valence-electron chi connectivity index (χ3n) is 5.59. The molecule has 1 heterocycles. The Balaban J connectivity index is 1.69. The Bertz CT molecular complexity index is 1140. The van der Waals surface area contributed by atoms with Gasteiger partial charge in [-0.1, -0.05) is 23.7 Å². The van der Waals surface area contributed by atoms with Crippen molar-refractivity contribution in [3.8, 4) is 11.5 Å². The van der Waals surface area contributed by atoms with Crippen LogP contribution in [0.3, 0.4) is 0 Å². The number of carbonyl (C=O) groups excluding carboxylic acids is 1. The van der Waals surface area contributed by atoms with Crippen LogP contribution in [0.15, 0.2) is 72.8 Å².